The number of hydrogen-bond acceptors (Lipinski definition) is 4. The third-order valence-electron chi connectivity index (χ3n) is 1.19. The van der Waals surface area contributed by atoms with Gasteiger partial charge in [0.15, 0.2) is 0 Å². The fraction of sp³-hybridized carbons (Fsp3) is 0.800. The molecule has 0 bridgehead atoms. The van der Waals surface area contributed by atoms with Gasteiger partial charge < -0.3 is 9.94 Å². The molecule has 0 saturated carbocycles. The number of carbonyl (C=O) groups excluding carboxylic acids is 1. The standard InChI is InChI=1S/C5H10N2O3/c1-3(2)7-4(8)6-5(9)10-7/h3-4,8H,1-2H3,(H,6,9). The van der Waals surface area contributed by atoms with E-state index in [1.165, 1.54) is 5.06 Å². The van der Waals surface area contributed by atoms with Gasteiger partial charge in [-0.15, -0.1) is 0 Å². The molecule has 1 aliphatic heterocycles. The van der Waals surface area contributed by atoms with Gasteiger partial charge in [0.1, 0.15) is 0 Å². The maximum atomic E-state index is 10.4. The Kier molecular flexibility index (Phi) is 1.78. The second-order valence-electron chi connectivity index (χ2n) is 2.35. The number of nitrogens with one attached hydrogen (secondary N) is 1. The summed E-state index contributed by atoms with van der Waals surface area (Å²) in [6.45, 7) is 3.62. The molecule has 2 N–H and O–H groups in total. The van der Waals surface area contributed by atoms with Crippen LogP contribution in [0.15, 0.2) is 0 Å². The number of aliphatic hydroxyl groups is 1. The Balaban J connectivity index is 2.54. The second-order valence-corrected chi connectivity index (χ2v) is 2.35. The number of amides is 1. The molecule has 1 amide bonds. The summed E-state index contributed by atoms with van der Waals surface area (Å²) in [5.74, 6) is 0. The molecule has 1 aliphatic rings. The molecule has 0 aromatic heterocycles. The highest BCUT2D eigenvalue weighted by atomic mass is 16.8. The van der Waals surface area contributed by atoms with Crippen LogP contribution in [0.3, 0.4) is 0 Å². The zero-order valence-electron chi connectivity index (χ0n) is 5.87. The van der Waals surface area contributed by atoms with Crippen LogP contribution < -0.4 is 5.32 Å². The quantitative estimate of drug-likeness (QED) is 0.529. The van der Waals surface area contributed by atoms with Gasteiger partial charge >= 0.3 is 6.09 Å². The minimum absolute atomic E-state index is 0.0195. The summed E-state index contributed by atoms with van der Waals surface area (Å²) in [7, 11) is 0. The number of rotatable bonds is 1. The van der Waals surface area contributed by atoms with E-state index in [1.54, 1.807) is 0 Å². The van der Waals surface area contributed by atoms with Crippen molar-refractivity contribution in [2.75, 3.05) is 0 Å². The van der Waals surface area contributed by atoms with Crippen LogP contribution in [0.25, 0.3) is 0 Å². The Morgan fingerprint density at radius 1 is 1.80 bits per heavy atom. The lowest BCUT2D eigenvalue weighted by atomic mass is 10.4. The highest BCUT2D eigenvalue weighted by Gasteiger charge is 2.31. The van der Waals surface area contributed by atoms with Crippen LogP contribution in [0.1, 0.15) is 13.8 Å². The molecule has 1 saturated heterocycles. The molecule has 0 spiro atoms. The van der Waals surface area contributed by atoms with E-state index < -0.39 is 12.4 Å². The average molecular weight is 146 g/mol. The lowest BCUT2D eigenvalue weighted by Crippen LogP contribution is -2.39. The molecule has 1 rings (SSSR count). The van der Waals surface area contributed by atoms with Gasteiger partial charge in [-0.3, -0.25) is 5.32 Å². The maximum Gasteiger partial charge on any atom is 0.429 e. The van der Waals surface area contributed by atoms with E-state index in [2.05, 4.69) is 10.2 Å². The molecule has 1 atom stereocenters. The minimum atomic E-state index is -1.01. The molecular formula is C5H10N2O3. The van der Waals surface area contributed by atoms with Crippen molar-refractivity contribution in [2.45, 2.75) is 26.2 Å². The molecule has 10 heavy (non-hydrogen) atoms. The Hall–Kier alpha value is -0.810. The fourth-order valence-electron chi connectivity index (χ4n) is 0.729. The van der Waals surface area contributed by atoms with Gasteiger partial charge in [0.2, 0.25) is 6.35 Å². The molecule has 0 aromatic rings. The van der Waals surface area contributed by atoms with E-state index in [0.717, 1.165) is 0 Å². The SMILES string of the molecule is CC(C)N1OC(=O)NC1O. The van der Waals surface area contributed by atoms with Crippen LogP contribution in [0.4, 0.5) is 4.79 Å². The van der Waals surface area contributed by atoms with E-state index in [9.17, 15) is 4.79 Å². The van der Waals surface area contributed by atoms with Crippen molar-refractivity contribution in [3.8, 4) is 0 Å². The first-order valence-corrected chi connectivity index (χ1v) is 3.06. The van der Waals surface area contributed by atoms with E-state index in [0.29, 0.717) is 0 Å². The van der Waals surface area contributed by atoms with Gasteiger partial charge in [0.25, 0.3) is 0 Å². The molecule has 5 heteroatoms. The summed E-state index contributed by atoms with van der Waals surface area (Å²) >= 11 is 0. The van der Waals surface area contributed by atoms with Crippen LogP contribution in [-0.4, -0.2) is 28.7 Å². The average Bonchev–Trinajstić information content (AvgIpc) is 2.10. The summed E-state index contributed by atoms with van der Waals surface area (Å²) in [6.07, 6.45) is -1.62. The Labute approximate surface area is 58.5 Å². The van der Waals surface area contributed by atoms with E-state index in [-0.39, 0.29) is 6.04 Å². The first kappa shape index (κ1) is 7.30. The van der Waals surface area contributed by atoms with Crippen molar-refractivity contribution >= 4 is 6.09 Å². The van der Waals surface area contributed by atoms with Gasteiger partial charge in [-0.1, -0.05) is 5.06 Å². The molecule has 1 unspecified atom stereocenters. The topological polar surface area (TPSA) is 61.8 Å². The summed E-state index contributed by atoms with van der Waals surface area (Å²) < 4.78 is 0. The molecule has 0 radical (unpaired) electrons. The van der Waals surface area contributed by atoms with E-state index >= 15 is 0 Å². The van der Waals surface area contributed by atoms with E-state index in [4.69, 9.17) is 5.11 Å². The first-order valence-electron chi connectivity index (χ1n) is 3.06. The highest BCUT2D eigenvalue weighted by Crippen LogP contribution is 2.08. The van der Waals surface area contributed by atoms with Crippen molar-refractivity contribution in [2.24, 2.45) is 0 Å². The van der Waals surface area contributed by atoms with Crippen LogP contribution in [0, 0.1) is 0 Å². The number of nitrogens with zero attached hydrogens (tertiary/aromatic N) is 1. The van der Waals surface area contributed by atoms with Gasteiger partial charge in [0, 0.05) is 6.04 Å². The molecule has 0 aliphatic carbocycles. The van der Waals surface area contributed by atoms with Gasteiger partial charge in [0.05, 0.1) is 0 Å². The maximum absolute atomic E-state index is 10.4. The Bertz CT molecular complexity index is 148. The van der Waals surface area contributed by atoms with Crippen LogP contribution in [0.5, 0.6) is 0 Å². The van der Waals surface area contributed by atoms with Gasteiger partial charge in [-0.25, -0.2) is 4.79 Å². The largest absolute Gasteiger partial charge is 0.429 e. The lowest BCUT2D eigenvalue weighted by molar-refractivity contribution is -0.176. The predicted molar refractivity (Wildman–Crippen MR) is 32.6 cm³/mol. The third kappa shape index (κ3) is 1.19. The van der Waals surface area contributed by atoms with Crippen LogP contribution >= 0.6 is 0 Å². The van der Waals surface area contributed by atoms with Crippen LogP contribution in [0.2, 0.25) is 0 Å². The number of hydroxylamine groups is 2. The van der Waals surface area contributed by atoms with Gasteiger partial charge in [-0.05, 0) is 13.8 Å². The first-order chi connectivity index (χ1) is 4.61. The summed E-state index contributed by atoms with van der Waals surface area (Å²) in [4.78, 5) is 15.0. The molecule has 5 nitrogen and oxygen atoms in total. The normalized spacial score (nSPS) is 26.8. The fourth-order valence-corrected chi connectivity index (χ4v) is 0.729. The van der Waals surface area contributed by atoms with Crippen molar-refractivity contribution in [3.05, 3.63) is 0 Å². The van der Waals surface area contributed by atoms with Gasteiger partial charge in [-0.2, -0.15) is 0 Å². The van der Waals surface area contributed by atoms with Crippen LogP contribution in [-0.2, 0) is 4.84 Å². The molecule has 0 aromatic carbocycles. The third-order valence-corrected chi connectivity index (χ3v) is 1.19. The molecule has 1 heterocycles. The smallest absolute Gasteiger partial charge is 0.358 e. The summed E-state index contributed by atoms with van der Waals surface area (Å²) in [5.41, 5.74) is 0. The van der Waals surface area contributed by atoms with Crippen molar-refractivity contribution < 1.29 is 14.7 Å². The lowest BCUT2D eigenvalue weighted by Gasteiger charge is -2.18. The number of hydrogen-bond donors (Lipinski definition) is 2. The highest BCUT2D eigenvalue weighted by molar-refractivity contribution is 5.68. The number of carbonyl (C=O) groups is 1. The predicted octanol–water partition coefficient (Wildman–Crippen LogP) is -0.372. The van der Waals surface area contributed by atoms with E-state index in [1.807, 2.05) is 13.8 Å². The monoisotopic (exact) mass is 146 g/mol. The van der Waals surface area contributed by atoms with Crippen molar-refractivity contribution in [3.63, 3.8) is 0 Å². The Morgan fingerprint density at radius 3 is 2.60 bits per heavy atom. The molecule has 58 valence electrons. The second kappa shape index (κ2) is 2.43. The minimum Gasteiger partial charge on any atom is -0.358 e. The molecular weight excluding hydrogens is 136 g/mol. The number of aliphatic hydroxyl groups excluding tert-OH is 1. The van der Waals surface area contributed by atoms with Crippen molar-refractivity contribution in [1.82, 2.24) is 10.4 Å². The summed E-state index contributed by atoms with van der Waals surface area (Å²) in [6, 6.07) is -0.0195. The zero-order valence-corrected chi connectivity index (χ0v) is 5.87. The molecule has 1 fully saturated rings. The Morgan fingerprint density at radius 2 is 2.40 bits per heavy atom. The zero-order chi connectivity index (χ0) is 7.72. The van der Waals surface area contributed by atoms with Crippen molar-refractivity contribution in [1.29, 1.82) is 0 Å². The summed E-state index contributed by atoms with van der Waals surface area (Å²) in [5, 5.41) is 12.4.